The Kier molecular flexibility index (Phi) is 10.4. The summed E-state index contributed by atoms with van der Waals surface area (Å²) in [7, 11) is 0. The number of ether oxygens (including phenoxy) is 1. The molecule has 2 N–H and O–H groups in total. The van der Waals surface area contributed by atoms with Crippen LogP contribution in [0.3, 0.4) is 0 Å². The lowest BCUT2D eigenvalue weighted by atomic mass is 10.0. The number of hydrogen-bond acceptors (Lipinski definition) is 7. The minimum Gasteiger partial charge on any atom is -0.462 e. The lowest BCUT2D eigenvalue weighted by Gasteiger charge is -2.27. The molecule has 0 bridgehead atoms. The predicted molar refractivity (Wildman–Crippen MR) is 175 cm³/mol. The van der Waals surface area contributed by atoms with Crippen molar-refractivity contribution in [3.63, 3.8) is 0 Å². The van der Waals surface area contributed by atoms with Crippen LogP contribution >= 0.6 is 46.3 Å². The van der Waals surface area contributed by atoms with E-state index in [0.29, 0.717) is 39.8 Å². The minimum atomic E-state index is -0.413. The normalized spacial score (nSPS) is 12.8. The van der Waals surface area contributed by atoms with E-state index in [1.54, 1.807) is 37.3 Å². The van der Waals surface area contributed by atoms with Crippen LogP contribution in [0, 0.1) is 0 Å². The van der Waals surface area contributed by atoms with Crippen molar-refractivity contribution in [2.75, 3.05) is 29.5 Å². The molecule has 1 aliphatic heterocycles. The highest BCUT2D eigenvalue weighted by Crippen LogP contribution is 2.38. The van der Waals surface area contributed by atoms with Gasteiger partial charge in [0, 0.05) is 40.1 Å². The largest absolute Gasteiger partial charge is 0.462 e. The molecule has 1 aromatic heterocycles. The average Bonchev–Trinajstić information content (AvgIpc) is 3.34. The Morgan fingerprint density at radius 2 is 1.81 bits per heavy atom. The van der Waals surface area contributed by atoms with Crippen molar-refractivity contribution >= 4 is 74.8 Å². The maximum absolute atomic E-state index is 13.1. The molecule has 43 heavy (non-hydrogen) atoms. The molecule has 2 heterocycles. The van der Waals surface area contributed by atoms with Gasteiger partial charge in [-0.1, -0.05) is 59.6 Å². The van der Waals surface area contributed by atoms with Crippen molar-refractivity contribution < 1.29 is 19.1 Å². The van der Waals surface area contributed by atoms with Crippen LogP contribution in [0.1, 0.15) is 43.6 Å². The number of amides is 2. The summed E-state index contributed by atoms with van der Waals surface area (Å²) in [5, 5.41) is 7.02. The molecule has 0 aliphatic carbocycles. The minimum absolute atomic E-state index is 0.116. The number of carbonyl (C=O) groups is 3. The third kappa shape index (κ3) is 7.99. The lowest BCUT2D eigenvalue weighted by Crippen LogP contribution is -2.30. The Labute approximate surface area is 268 Å². The molecule has 0 spiro atoms. The number of thiophene rings is 1. The molecule has 2 amide bonds. The molecule has 0 fully saturated rings. The maximum atomic E-state index is 13.1. The van der Waals surface area contributed by atoms with E-state index in [1.807, 2.05) is 24.3 Å². The van der Waals surface area contributed by atoms with E-state index in [-0.39, 0.29) is 29.2 Å². The zero-order chi connectivity index (χ0) is 30.3. The summed E-state index contributed by atoms with van der Waals surface area (Å²) in [6.45, 7) is 4.35. The molecule has 4 aromatic rings. The van der Waals surface area contributed by atoms with Crippen LogP contribution in [0.25, 0.3) is 0 Å². The lowest BCUT2D eigenvalue weighted by molar-refractivity contribution is -0.113. The van der Waals surface area contributed by atoms with Crippen LogP contribution in [-0.2, 0) is 29.0 Å². The summed E-state index contributed by atoms with van der Waals surface area (Å²) in [4.78, 5) is 42.9. The van der Waals surface area contributed by atoms with Gasteiger partial charge in [0.05, 0.1) is 28.5 Å². The molecule has 0 unspecified atom stereocenters. The number of rotatable bonds is 10. The van der Waals surface area contributed by atoms with E-state index in [4.69, 9.17) is 27.9 Å². The number of thioether (sulfide) groups is 1. The van der Waals surface area contributed by atoms with Gasteiger partial charge in [0.25, 0.3) is 5.91 Å². The summed E-state index contributed by atoms with van der Waals surface area (Å²) in [6.07, 6.45) is 0.706. The molecule has 1 aliphatic rings. The number of nitrogens with one attached hydrogen (secondary N) is 2. The highest BCUT2D eigenvalue weighted by Gasteiger charge is 2.29. The van der Waals surface area contributed by atoms with Crippen LogP contribution in [0.2, 0.25) is 10.0 Å². The number of esters is 1. The highest BCUT2D eigenvalue weighted by molar-refractivity contribution is 8.00. The topological polar surface area (TPSA) is 87.7 Å². The Hall–Kier alpha value is -3.34. The van der Waals surface area contributed by atoms with Gasteiger partial charge in [-0.15, -0.1) is 23.1 Å². The molecule has 0 saturated carbocycles. The zero-order valence-electron chi connectivity index (χ0n) is 23.3. The number of carbonyl (C=O) groups excluding carboxylic acids is 3. The van der Waals surface area contributed by atoms with Gasteiger partial charge < -0.3 is 15.4 Å². The van der Waals surface area contributed by atoms with Gasteiger partial charge in [-0.25, -0.2) is 4.79 Å². The summed E-state index contributed by atoms with van der Waals surface area (Å²) >= 11 is 14.9. The highest BCUT2D eigenvalue weighted by atomic mass is 35.5. The van der Waals surface area contributed by atoms with Crippen molar-refractivity contribution in [3.8, 4) is 0 Å². The Bertz CT molecular complexity index is 1650. The molecule has 7 nitrogen and oxygen atoms in total. The predicted octanol–water partition coefficient (Wildman–Crippen LogP) is 7.77. The second kappa shape index (κ2) is 14.4. The molecule has 0 atom stereocenters. The van der Waals surface area contributed by atoms with E-state index in [2.05, 4.69) is 27.7 Å². The number of nitrogens with zero attached hydrogens (tertiary/aromatic N) is 1. The Balaban J connectivity index is 1.23. The second-order valence-electron chi connectivity index (χ2n) is 9.82. The van der Waals surface area contributed by atoms with Gasteiger partial charge in [0.15, 0.2) is 0 Å². The number of hydrogen-bond donors (Lipinski definition) is 2. The van der Waals surface area contributed by atoms with Gasteiger partial charge in [0.2, 0.25) is 5.91 Å². The third-order valence-electron chi connectivity index (χ3n) is 6.76. The van der Waals surface area contributed by atoms with Crippen LogP contribution in [0.5, 0.6) is 0 Å². The number of fused-ring (bicyclic) bond motifs is 1. The zero-order valence-corrected chi connectivity index (χ0v) is 26.5. The van der Waals surface area contributed by atoms with E-state index in [9.17, 15) is 14.4 Å². The first kappa shape index (κ1) is 31.1. The number of halogens is 2. The van der Waals surface area contributed by atoms with Gasteiger partial charge in [-0.2, -0.15) is 0 Å². The number of benzene rings is 3. The van der Waals surface area contributed by atoms with Crippen LogP contribution in [0.15, 0.2) is 77.7 Å². The molecule has 11 heteroatoms. The SMILES string of the molecule is CCOC(=O)c1c(NC(=O)CSc2cccc(NC(=O)c3ccc(Cl)cc3Cl)c2)sc2c1CCN(Cc1ccccc1)C2. The first-order valence-corrected chi connectivity index (χ1v) is 16.2. The fourth-order valence-corrected chi connectivity index (χ4v) is 7.33. The average molecular weight is 655 g/mol. The number of anilines is 2. The molecule has 5 rings (SSSR count). The summed E-state index contributed by atoms with van der Waals surface area (Å²) in [5.74, 6) is -0.899. The molecule has 0 radical (unpaired) electrons. The van der Waals surface area contributed by atoms with Gasteiger partial charge >= 0.3 is 5.97 Å². The van der Waals surface area contributed by atoms with Crippen molar-refractivity contribution in [1.29, 1.82) is 0 Å². The summed E-state index contributed by atoms with van der Waals surface area (Å²) < 4.78 is 5.36. The van der Waals surface area contributed by atoms with Crippen molar-refractivity contribution in [3.05, 3.63) is 110 Å². The fourth-order valence-electron chi connectivity index (χ4n) is 4.79. The van der Waals surface area contributed by atoms with E-state index >= 15 is 0 Å². The van der Waals surface area contributed by atoms with Crippen LogP contribution < -0.4 is 10.6 Å². The quantitative estimate of drug-likeness (QED) is 0.134. The maximum Gasteiger partial charge on any atom is 0.341 e. The van der Waals surface area contributed by atoms with Gasteiger partial charge in [0.1, 0.15) is 5.00 Å². The molecular formula is C32H29Cl2N3O4S2. The van der Waals surface area contributed by atoms with Gasteiger partial charge in [-0.3, -0.25) is 14.5 Å². The smallest absolute Gasteiger partial charge is 0.341 e. The van der Waals surface area contributed by atoms with E-state index in [0.717, 1.165) is 28.4 Å². The van der Waals surface area contributed by atoms with Crippen LogP contribution in [0.4, 0.5) is 10.7 Å². The third-order valence-corrected chi connectivity index (χ3v) is 9.43. The first-order valence-electron chi connectivity index (χ1n) is 13.7. The van der Waals surface area contributed by atoms with Crippen LogP contribution in [-0.4, -0.2) is 41.6 Å². The monoisotopic (exact) mass is 653 g/mol. The Morgan fingerprint density at radius 3 is 2.58 bits per heavy atom. The molecule has 3 aromatic carbocycles. The summed E-state index contributed by atoms with van der Waals surface area (Å²) in [6, 6.07) is 22.2. The fraction of sp³-hybridized carbons (Fsp3) is 0.219. The van der Waals surface area contributed by atoms with E-state index in [1.165, 1.54) is 34.7 Å². The molecular weight excluding hydrogens is 625 g/mol. The van der Waals surface area contributed by atoms with Crippen molar-refractivity contribution in [2.45, 2.75) is 31.3 Å². The summed E-state index contributed by atoms with van der Waals surface area (Å²) in [5.41, 5.74) is 3.53. The standard InChI is InChI=1S/C32H29Cl2N3O4S2/c1-2-41-32(40)29-25-13-14-37(17-20-7-4-3-5-8-20)18-27(25)43-31(29)36-28(38)19-42-23-10-6-9-22(16-23)35-30(39)24-12-11-21(33)15-26(24)34/h3-12,15-16H,2,13-14,17-19H2,1H3,(H,35,39)(H,36,38). The van der Waals surface area contributed by atoms with Gasteiger partial charge in [-0.05, 0) is 60.9 Å². The first-order chi connectivity index (χ1) is 20.8. The second-order valence-corrected chi connectivity index (χ2v) is 12.8. The molecule has 222 valence electrons. The van der Waals surface area contributed by atoms with Crippen molar-refractivity contribution in [1.82, 2.24) is 4.90 Å². The van der Waals surface area contributed by atoms with E-state index < -0.39 is 5.97 Å². The molecule has 0 saturated heterocycles. The Morgan fingerprint density at radius 1 is 1.00 bits per heavy atom. The van der Waals surface area contributed by atoms with Crippen molar-refractivity contribution in [2.24, 2.45) is 0 Å².